The molecule has 6 nitrogen and oxygen atoms in total. The van der Waals surface area contributed by atoms with E-state index in [1.165, 1.54) is 31.7 Å². The van der Waals surface area contributed by atoms with Crippen molar-refractivity contribution in [2.75, 3.05) is 23.3 Å². The number of amides is 1. The summed E-state index contributed by atoms with van der Waals surface area (Å²) in [5, 5.41) is 12.1. The van der Waals surface area contributed by atoms with E-state index < -0.39 is 5.97 Å². The van der Waals surface area contributed by atoms with Gasteiger partial charge in [-0.1, -0.05) is 6.07 Å². The average molecular weight is 365 g/mol. The van der Waals surface area contributed by atoms with Gasteiger partial charge in [0.15, 0.2) is 0 Å². The first-order valence-electron chi connectivity index (χ1n) is 9.32. The number of carbonyl (C=O) groups is 2. The molecule has 4 rings (SSSR count). The number of aryl methyl sites for hydroxylation is 1. The van der Waals surface area contributed by atoms with Crippen LogP contribution < -0.4 is 10.2 Å². The van der Waals surface area contributed by atoms with Crippen molar-refractivity contribution in [1.29, 1.82) is 0 Å². The fraction of sp³-hybridized carbons (Fsp3) is 0.381. The van der Waals surface area contributed by atoms with Gasteiger partial charge in [-0.2, -0.15) is 0 Å². The first kappa shape index (κ1) is 17.5. The first-order chi connectivity index (χ1) is 13.0. The Morgan fingerprint density at radius 1 is 1.11 bits per heavy atom. The van der Waals surface area contributed by atoms with E-state index in [0.29, 0.717) is 22.2 Å². The van der Waals surface area contributed by atoms with Gasteiger partial charge in [0.2, 0.25) is 0 Å². The lowest BCUT2D eigenvalue weighted by molar-refractivity contribution is 0.0695. The van der Waals surface area contributed by atoms with Crippen LogP contribution in [0.5, 0.6) is 0 Å². The van der Waals surface area contributed by atoms with Crippen LogP contribution >= 0.6 is 0 Å². The quantitative estimate of drug-likeness (QED) is 0.863. The lowest BCUT2D eigenvalue weighted by atomic mass is 9.93. The van der Waals surface area contributed by atoms with Crippen LogP contribution in [0.3, 0.4) is 0 Å². The van der Waals surface area contributed by atoms with Crippen LogP contribution in [0.2, 0.25) is 0 Å². The number of anilines is 2. The van der Waals surface area contributed by atoms with Gasteiger partial charge in [-0.15, -0.1) is 0 Å². The molecule has 140 valence electrons. The number of nitrogens with zero attached hydrogens (tertiary/aromatic N) is 2. The van der Waals surface area contributed by atoms with Crippen LogP contribution in [0.4, 0.5) is 11.4 Å². The Hall–Kier alpha value is -2.89. The van der Waals surface area contributed by atoms with Crippen LogP contribution in [-0.4, -0.2) is 35.1 Å². The first-order valence-corrected chi connectivity index (χ1v) is 9.32. The number of aromatic nitrogens is 1. The number of piperidine rings is 1. The number of carbonyl (C=O) groups excluding carboxylic acids is 1. The smallest absolute Gasteiger partial charge is 0.336 e. The summed E-state index contributed by atoms with van der Waals surface area (Å²) in [5.74, 6) is -1.25. The predicted octanol–water partition coefficient (Wildman–Crippen LogP) is 3.72. The third kappa shape index (κ3) is 3.52. The highest BCUT2D eigenvalue weighted by Gasteiger charge is 2.44. The Morgan fingerprint density at radius 3 is 2.52 bits per heavy atom. The van der Waals surface area contributed by atoms with Crippen molar-refractivity contribution in [2.45, 2.75) is 32.6 Å². The summed E-state index contributed by atoms with van der Waals surface area (Å²) in [7, 11) is 0. The molecule has 2 fully saturated rings. The van der Waals surface area contributed by atoms with Crippen molar-refractivity contribution in [1.82, 2.24) is 4.98 Å². The zero-order valence-corrected chi connectivity index (χ0v) is 15.4. The molecule has 1 aliphatic carbocycles. The maximum Gasteiger partial charge on any atom is 0.336 e. The summed E-state index contributed by atoms with van der Waals surface area (Å²) in [5.41, 5.74) is 3.29. The molecule has 0 unspecified atom stereocenters. The molecule has 1 spiro atoms. The van der Waals surface area contributed by atoms with Crippen molar-refractivity contribution in [3.8, 4) is 0 Å². The fourth-order valence-corrected chi connectivity index (χ4v) is 3.86. The number of pyridine rings is 1. The van der Waals surface area contributed by atoms with Crippen LogP contribution in [0.15, 0.2) is 36.7 Å². The summed E-state index contributed by atoms with van der Waals surface area (Å²) in [6, 6.07) is 6.64. The summed E-state index contributed by atoms with van der Waals surface area (Å²) >= 11 is 0. The second-order valence-corrected chi connectivity index (χ2v) is 7.67. The lowest BCUT2D eigenvalue weighted by Crippen LogP contribution is -2.35. The van der Waals surface area contributed by atoms with Crippen molar-refractivity contribution in [2.24, 2.45) is 5.41 Å². The summed E-state index contributed by atoms with van der Waals surface area (Å²) in [6.45, 7) is 3.62. The lowest BCUT2D eigenvalue weighted by Gasteiger charge is -2.34. The van der Waals surface area contributed by atoms with E-state index in [-0.39, 0.29) is 11.5 Å². The molecule has 1 aromatic heterocycles. The van der Waals surface area contributed by atoms with Gasteiger partial charge < -0.3 is 15.3 Å². The van der Waals surface area contributed by atoms with Gasteiger partial charge in [0.05, 0.1) is 23.0 Å². The molecule has 0 bridgehead atoms. The molecular weight excluding hydrogens is 342 g/mol. The number of carboxylic acid groups (broad SMARTS) is 1. The molecular formula is C21H23N3O3. The number of aromatic carboxylic acids is 1. The minimum atomic E-state index is -1.00. The van der Waals surface area contributed by atoms with Crippen molar-refractivity contribution in [3.63, 3.8) is 0 Å². The normalized spacial score (nSPS) is 17.6. The molecule has 27 heavy (non-hydrogen) atoms. The summed E-state index contributed by atoms with van der Waals surface area (Å²) in [6.07, 6.45) is 8.37. The number of carboxylic acids is 1. The van der Waals surface area contributed by atoms with Crippen molar-refractivity contribution >= 4 is 23.3 Å². The predicted molar refractivity (Wildman–Crippen MR) is 103 cm³/mol. The zero-order valence-electron chi connectivity index (χ0n) is 15.4. The molecule has 1 aliphatic heterocycles. The van der Waals surface area contributed by atoms with E-state index >= 15 is 0 Å². The van der Waals surface area contributed by atoms with Gasteiger partial charge in [-0.05, 0) is 61.8 Å². The molecule has 1 aromatic carbocycles. The summed E-state index contributed by atoms with van der Waals surface area (Å²) in [4.78, 5) is 30.6. The average Bonchev–Trinajstić information content (AvgIpc) is 3.42. The summed E-state index contributed by atoms with van der Waals surface area (Å²) < 4.78 is 0. The number of hydrogen-bond acceptors (Lipinski definition) is 4. The van der Waals surface area contributed by atoms with E-state index in [1.807, 2.05) is 0 Å². The van der Waals surface area contributed by atoms with Gasteiger partial charge in [0.1, 0.15) is 0 Å². The van der Waals surface area contributed by atoms with Crippen LogP contribution in [-0.2, 0) is 0 Å². The van der Waals surface area contributed by atoms with Gasteiger partial charge >= 0.3 is 5.97 Å². The molecule has 0 radical (unpaired) electrons. The Labute approximate surface area is 158 Å². The minimum Gasteiger partial charge on any atom is -0.478 e. The van der Waals surface area contributed by atoms with Gasteiger partial charge in [0, 0.05) is 25.0 Å². The monoisotopic (exact) mass is 365 g/mol. The Bertz CT molecular complexity index is 895. The Morgan fingerprint density at radius 2 is 1.85 bits per heavy atom. The zero-order chi connectivity index (χ0) is 19.0. The number of benzene rings is 1. The molecule has 6 heteroatoms. The molecule has 1 saturated heterocycles. The van der Waals surface area contributed by atoms with Crippen molar-refractivity contribution < 1.29 is 14.7 Å². The second kappa shape index (κ2) is 6.68. The Balaban J connectivity index is 1.54. The van der Waals surface area contributed by atoms with Gasteiger partial charge in [0.25, 0.3) is 5.91 Å². The van der Waals surface area contributed by atoms with Gasteiger partial charge in [-0.25, -0.2) is 4.79 Å². The van der Waals surface area contributed by atoms with Crippen molar-refractivity contribution in [3.05, 3.63) is 53.3 Å². The van der Waals surface area contributed by atoms with Crippen LogP contribution in [0.1, 0.15) is 52.0 Å². The molecule has 1 amide bonds. The number of rotatable bonds is 4. The largest absolute Gasteiger partial charge is 0.478 e. The SMILES string of the molecule is Cc1ccc(NC(=O)c2ccncc2N2CCC3(CC2)CC3)cc1C(=O)O. The molecule has 1 saturated carbocycles. The standard InChI is InChI=1S/C21H23N3O3/c1-14-2-3-15(12-17(14)20(26)27)23-19(25)16-4-9-22-13-18(16)24-10-7-21(5-6-21)8-11-24/h2-4,9,12-13H,5-8,10-11H2,1H3,(H,23,25)(H,26,27). The minimum absolute atomic E-state index is 0.188. The van der Waals surface area contributed by atoms with Crippen LogP contribution in [0, 0.1) is 12.3 Å². The van der Waals surface area contributed by atoms with Gasteiger partial charge in [-0.3, -0.25) is 9.78 Å². The molecule has 2 heterocycles. The Kier molecular flexibility index (Phi) is 4.34. The highest BCUT2D eigenvalue weighted by atomic mass is 16.4. The number of hydrogen-bond donors (Lipinski definition) is 2. The third-order valence-electron chi connectivity index (χ3n) is 5.89. The molecule has 2 aliphatic rings. The molecule has 2 aromatic rings. The van der Waals surface area contributed by atoms with E-state index in [4.69, 9.17) is 0 Å². The second-order valence-electron chi connectivity index (χ2n) is 7.67. The van der Waals surface area contributed by atoms with E-state index in [2.05, 4.69) is 15.2 Å². The molecule has 2 N–H and O–H groups in total. The topological polar surface area (TPSA) is 82.5 Å². The fourth-order valence-electron chi connectivity index (χ4n) is 3.86. The maximum absolute atomic E-state index is 12.9. The number of nitrogens with one attached hydrogen (secondary N) is 1. The maximum atomic E-state index is 12.9. The molecule has 0 atom stereocenters. The van der Waals surface area contributed by atoms with E-state index in [0.717, 1.165) is 18.8 Å². The van der Waals surface area contributed by atoms with E-state index in [9.17, 15) is 14.7 Å². The van der Waals surface area contributed by atoms with Crippen LogP contribution in [0.25, 0.3) is 0 Å². The van der Waals surface area contributed by atoms with E-state index in [1.54, 1.807) is 37.5 Å². The highest BCUT2D eigenvalue weighted by molar-refractivity contribution is 6.08. The highest BCUT2D eigenvalue weighted by Crippen LogP contribution is 2.54. The third-order valence-corrected chi connectivity index (χ3v) is 5.89.